The number of nitrogens with one attached hydrogen (secondary N) is 1. The number of thiophene rings is 1. The lowest BCUT2D eigenvalue weighted by molar-refractivity contribution is -0.113. The van der Waals surface area contributed by atoms with Crippen molar-refractivity contribution < 1.29 is 19.1 Å². The number of anilines is 1. The van der Waals surface area contributed by atoms with Gasteiger partial charge < -0.3 is 19.4 Å². The van der Waals surface area contributed by atoms with Gasteiger partial charge in [-0.25, -0.2) is 4.79 Å². The summed E-state index contributed by atoms with van der Waals surface area (Å²) in [5.41, 5.74) is 1.25. The number of para-hydroxylation sites is 1. The summed E-state index contributed by atoms with van der Waals surface area (Å²) in [4.78, 5) is 25.9. The van der Waals surface area contributed by atoms with E-state index in [1.54, 1.807) is 13.0 Å². The van der Waals surface area contributed by atoms with Gasteiger partial charge in [0.15, 0.2) is 11.0 Å². The van der Waals surface area contributed by atoms with E-state index in [2.05, 4.69) is 15.5 Å². The van der Waals surface area contributed by atoms with Crippen LogP contribution in [-0.2, 0) is 22.5 Å². The van der Waals surface area contributed by atoms with Crippen molar-refractivity contribution in [2.75, 3.05) is 24.3 Å². The third-order valence-corrected chi connectivity index (χ3v) is 6.83. The number of benzene rings is 1. The number of thioether (sulfide) groups is 1. The van der Waals surface area contributed by atoms with Gasteiger partial charge in [0.25, 0.3) is 0 Å². The second kappa shape index (κ2) is 11.9. The number of ether oxygens (including phenoxy) is 2. The highest BCUT2D eigenvalue weighted by Crippen LogP contribution is 2.32. The molecule has 3 rings (SSSR count). The Morgan fingerprint density at radius 1 is 1.12 bits per heavy atom. The Labute approximate surface area is 201 Å². The van der Waals surface area contributed by atoms with E-state index in [4.69, 9.17) is 9.47 Å². The summed E-state index contributed by atoms with van der Waals surface area (Å²) in [7, 11) is 0. The number of hydrogen-bond acceptors (Lipinski definition) is 8. The molecule has 0 atom stereocenters. The molecule has 8 nitrogen and oxygen atoms in total. The van der Waals surface area contributed by atoms with Crippen molar-refractivity contribution in [2.24, 2.45) is 0 Å². The third-order valence-electron chi connectivity index (χ3n) is 4.67. The van der Waals surface area contributed by atoms with Gasteiger partial charge in [-0.15, -0.1) is 21.5 Å². The molecule has 0 bridgehead atoms. The van der Waals surface area contributed by atoms with Crippen LogP contribution >= 0.6 is 23.1 Å². The largest absolute Gasteiger partial charge is 0.493 e. The van der Waals surface area contributed by atoms with E-state index < -0.39 is 5.97 Å². The zero-order chi connectivity index (χ0) is 23.8. The zero-order valence-electron chi connectivity index (χ0n) is 19.2. The van der Waals surface area contributed by atoms with E-state index in [1.807, 2.05) is 49.6 Å². The molecule has 3 aromatic rings. The van der Waals surface area contributed by atoms with Gasteiger partial charge in [0, 0.05) is 11.4 Å². The van der Waals surface area contributed by atoms with Crippen LogP contribution in [0.1, 0.15) is 42.9 Å². The maximum absolute atomic E-state index is 12.7. The summed E-state index contributed by atoms with van der Waals surface area (Å²) < 4.78 is 12.8. The van der Waals surface area contributed by atoms with E-state index >= 15 is 0 Å². The molecule has 0 radical (unpaired) electrons. The van der Waals surface area contributed by atoms with Gasteiger partial charge >= 0.3 is 5.97 Å². The normalized spacial score (nSPS) is 10.8. The Morgan fingerprint density at radius 2 is 1.91 bits per heavy atom. The van der Waals surface area contributed by atoms with E-state index in [0.717, 1.165) is 22.6 Å². The first-order chi connectivity index (χ1) is 16.0. The minimum atomic E-state index is -0.431. The van der Waals surface area contributed by atoms with E-state index in [9.17, 15) is 9.59 Å². The first-order valence-corrected chi connectivity index (χ1v) is 12.7. The molecule has 0 unspecified atom stereocenters. The average molecular weight is 489 g/mol. The molecule has 0 aliphatic heterocycles. The number of nitrogens with zero attached hydrogens (tertiary/aromatic N) is 3. The van der Waals surface area contributed by atoms with Crippen molar-refractivity contribution in [2.45, 2.75) is 45.8 Å². The van der Waals surface area contributed by atoms with Crippen LogP contribution in [0.15, 0.2) is 35.5 Å². The first-order valence-electron chi connectivity index (χ1n) is 10.9. The number of amides is 1. The van der Waals surface area contributed by atoms with E-state index in [1.165, 1.54) is 23.1 Å². The summed E-state index contributed by atoms with van der Waals surface area (Å²) in [5.74, 6) is 0.913. The van der Waals surface area contributed by atoms with Gasteiger partial charge in [0.1, 0.15) is 10.8 Å². The van der Waals surface area contributed by atoms with Gasteiger partial charge in [-0.3, -0.25) is 4.79 Å². The van der Waals surface area contributed by atoms with Crippen LogP contribution in [0.25, 0.3) is 11.4 Å². The second-order valence-corrected chi connectivity index (χ2v) is 8.93. The molecule has 33 heavy (non-hydrogen) atoms. The second-order valence-electron chi connectivity index (χ2n) is 6.85. The van der Waals surface area contributed by atoms with Crippen molar-refractivity contribution in [1.82, 2.24) is 14.8 Å². The molecule has 1 aromatic carbocycles. The zero-order valence-corrected chi connectivity index (χ0v) is 20.8. The number of hydrogen-bond donors (Lipinski definition) is 1. The minimum absolute atomic E-state index is 0.132. The highest BCUT2D eigenvalue weighted by atomic mass is 32.2. The topological polar surface area (TPSA) is 95.3 Å². The van der Waals surface area contributed by atoms with Gasteiger partial charge in [0.2, 0.25) is 5.91 Å². The van der Waals surface area contributed by atoms with Crippen LogP contribution in [0.4, 0.5) is 5.00 Å². The van der Waals surface area contributed by atoms with Crippen molar-refractivity contribution in [3.05, 3.63) is 40.8 Å². The van der Waals surface area contributed by atoms with Crippen LogP contribution < -0.4 is 10.1 Å². The predicted molar refractivity (Wildman–Crippen MR) is 131 cm³/mol. The van der Waals surface area contributed by atoms with Gasteiger partial charge in [-0.05, 0) is 45.4 Å². The fraction of sp³-hybridized carbons (Fsp3) is 0.391. The molecule has 1 N–H and O–H groups in total. The molecular weight excluding hydrogens is 460 g/mol. The van der Waals surface area contributed by atoms with E-state index in [0.29, 0.717) is 34.7 Å². The lowest BCUT2D eigenvalue weighted by Gasteiger charge is -2.11. The van der Waals surface area contributed by atoms with Crippen molar-refractivity contribution in [1.29, 1.82) is 0 Å². The number of aryl methyl sites for hydroxylation is 1. The fourth-order valence-corrected chi connectivity index (χ4v) is 4.98. The van der Waals surface area contributed by atoms with Crippen molar-refractivity contribution >= 4 is 40.0 Å². The Hall–Kier alpha value is -2.85. The highest BCUT2D eigenvalue weighted by Gasteiger charge is 2.20. The number of carbonyl (C=O) groups is 2. The molecule has 0 fully saturated rings. The standard InChI is InChI=1S/C23H28N4O4S2/c1-5-15-13-17(22(29)31-8-4)21(33-15)24-19(28)14-32-23-26-25-20(27(23)6-2)16-11-9-10-12-18(16)30-7-3/h9-13H,5-8,14H2,1-4H3,(H,24,28). The smallest absolute Gasteiger partial charge is 0.341 e. The van der Waals surface area contributed by atoms with Crippen LogP contribution in [0.5, 0.6) is 5.75 Å². The van der Waals surface area contributed by atoms with E-state index in [-0.39, 0.29) is 18.3 Å². The lowest BCUT2D eigenvalue weighted by Crippen LogP contribution is -2.16. The number of esters is 1. The number of carbonyl (C=O) groups excluding carboxylic acids is 2. The summed E-state index contributed by atoms with van der Waals surface area (Å²) in [5, 5.41) is 12.7. The lowest BCUT2D eigenvalue weighted by atomic mass is 10.2. The minimum Gasteiger partial charge on any atom is -0.493 e. The van der Waals surface area contributed by atoms with Crippen molar-refractivity contribution in [3.63, 3.8) is 0 Å². The SMILES string of the molecule is CCOC(=O)c1cc(CC)sc1NC(=O)CSc1nnc(-c2ccccc2OCC)n1CC. The van der Waals surface area contributed by atoms with Crippen LogP contribution in [0.3, 0.4) is 0 Å². The van der Waals surface area contributed by atoms with Crippen LogP contribution in [0, 0.1) is 0 Å². The molecule has 0 aliphatic carbocycles. The molecule has 1 amide bonds. The highest BCUT2D eigenvalue weighted by molar-refractivity contribution is 7.99. The third kappa shape index (κ3) is 5.94. The molecule has 0 saturated carbocycles. The quantitative estimate of drug-likeness (QED) is 0.303. The summed E-state index contributed by atoms with van der Waals surface area (Å²) in [6.45, 7) is 9.17. The molecule has 176 valence electrons. The fourth-order valence-electron chi connectivity index (χ4n) is 3.17. The van der Waals surface area contributed by atoms with Gasteiger partial charge in [-0.1, -0.05) is 30.8 Å². The molecule has 0 saturated heterocycles. The Kier molecular flexibility index (Phi) is 8.90. The Morgan fingerprint density at radius 3 is 2.61 bits per heavy atom. The molecule has 2 aromatic heterocycles. The number of rotatable bonds is 11. The molecular formula is C23H28N4O4S2. The molecule has 2 heterocycles. The monoisotopic (exact) mass is 488 g/mol. The predicted octanol–water partition coefficient (Wildman–Crippen LogP) is 4.90. The maximum atomic E-state index is 12.7. The van der Waals surface area contributed by atoms with Gasteiger partial charge in [0.05, 0.1) is 30.1 Å². The molecule has 0 spiro atoms. The summed E-state index contributed by atoms with van der Waals surface area (Å²) in [6.07, 6.45) is 0.771. The molecule has 0 aliphatic rings. The Bertz CT molecular complexity index is 1110. The summed E-state index contributed by atoms with van der Waals surface area (Å²) >= 11 is 2.69. The van der Waals surface area contributed by atoms with Crippen LogP contribution in [-0.4, -0.2) is 45.6 Å². The Balaban J connectivity index is 1.73. The number of aromatic nitrogens is 3. The average Bonchev–Trinajstić information content (AvgIpc) is 3.42. The van der Waals surface area contributed by atoms with Gasteiger partial charge in [-0.2, -0.15) is 0 Å². The first kappa shape index (κ1) is 24.8. The maximum Gasteiger partial charge on any atom is 0.341 e. The van der Waals surface area contributed by atoms with Crippen molar-refractivity contribution in [3.8, 4) is 17.1 Å². The molecule has 10 heteroatoms. The summed E-state index contributed by atoms with van der Waals surface area (Å²) in [6, 6.07) is 9.47. The van der Waals surface area contributed by atoms with Crippen LogP contribution in [0.2, 0.25) is 0 Å².